The summed E-state index contributed by atoms with van der Waals surface area (Å²) >= 11 is 0. The Morgan fingerprint density at radius 3 is 2.34 bits per heavy atom. The predicted octanol–water partition coefficient (Wildman–Crippen LogP) is 5.83. The zero-order valence-corrected chi connectivity index (χ0v) is 19.6. The third kappa shape index (κ3) is 6.74. The van der Waals surface area contributed by atoms with Crippen molar-refractivity contribution in [2.24, 2.45) is 11.3 Å². The Labute approximate surface area is 178 Å². The van der Waals surface area contributed by atoms with Crippen LogP contribution < -0.4 is 4.74 Å². The van der Waals surface area contributed by atoms with Crippen LogP contribution in [0.15, 0.2) is 24.3 Å². The number of rotatable bonds is 9. The first kappa shape index (κ1) is 23.7. The van der Waals surface area contributed by atoms with Crippen LogP contribution >= 0.6 is 0 Å². The number of hydrogen-bond donors (Lipinski definition) is 0. The van der Waals surface area contributed by atoms with Crippen molar-refractivity contribution in [2.45, 2.75) is 92.4 Å². The maximum Gasteiger partial charge on any atom is 0.222 e. The average molecular weight is 404 g/mol. The van der Waals surface area contributed by atoms with Gasteiger partial charge in [-0.05, 0) is 76.0 Å². The molecule has 0 saturated carbocycles. The lowest BCUT2D eigenvalue weighted by atomic mass is 9.65. The Morgan fingerprint density at radius 2 is 1.83 bits per heavy atom. The molecule has 2 rings (SSSR count). The van der Waals surface area contributed by atoms with E-state index in [0.717, 1.165) is 43.7 Å². The van der Waals surface area contributed by atoms with E-state index in [2.05, 4.69) is 39.8 Å². The maximum absolute atomic E-state index is 12.7. The van der Waals surface area contributed by atoms with Gasteiger partial charge in [-0.2, -0.15) is 0 Å². The molecular weight excluding hydrogens is 362 g/mol. The van der Waals surface area contributed by atoms with Gasteiger partial charge < -0.3 is 14.4 Å². The van der Waals surface area contributed by atoms with Gasteiger partial charge in [0.05, 0.1) is 11.7 Å². The smallest absolute Gasteiger partial charge is 0.222 e. The van der Waals surface area contributed by atoms with Crippen molar-refractivity contribution in [1.29, 1.82) is 0 Å². The van der Waals surface area contributed by atoms with E-state index in [1.54, 1.807) is 0 Å². The predicted molar refractivity (Wildman–Crippen MR) is 119 cm³/mol. The highest BCUT2D eigenvalue weighted by Gasteiger charge is 2.43. The van der Waals surface area contributed by atoms with Crippen molar-refractivity contribution in [3.63, 3.8) is 0 Å². The number of carbonyl (C=O) groups is 1. The van der Waals surface area contributed by atoms with E-state index in [4.69, 9.17) is 9.47 Å². The van der Waals surface area contributed by atoms with Crippen molar-refractivity contribution in [2.75, 3.05) is 13.2 Å². The highest BCUT2D eigenvalue weighted by atomic mass is 16.5. The van der Waals surface area contributed by atoms with E-state index < -0.39 is 0 Å². The molecular formula is C25H41NO3. The van der Waals surface area contributed by atoms with Crippen LogP contribution in [0.5, 0.6) is 5.75 Å². The Morgan fingerprint density at radius 1 is 1.17 bits per heavy atom. The number of carbonyl (C=O) groups excluding carboxylic acids is 1. The summed E-state index contributed by atoms with van der Waals surface area (Å²) in [6, 6.07) is 8.15. The van der Waals surface area contributed by atoms with Crippen molar-refractivity contribution in [1.82, 2.24) is 4.90 Å². The van der Waals surface area contributed by atoms with Crippen LogP contribution in [-0.2, 0) is 16.1 Å². The lowest BCUT2D eigenvalue weighted by molar-refractivity contribution is -0.135. The Hall–Kier alpha value is -1.55. The van der Waals surface area contributed by atoms with Gasteiger partial charge in [0.25, 0.3) is 0 Å². The van der Waals surface area contributed by atoms with E-state index in [9.17, 15) is 4.79 Å². The molecule has 1 aliphatic rings. The lowest BCUT2D eigenvalue weighted by Gasteiger charge is -2.48. The van der Waals surface area contributed by atoms with Gasteiger partial charge >= 0.3 is 0 Å². The fraction of sp³-hybridized carbons (Fsp3) is 0.720. The number of benzene rings is 1. The standard InChI is InChI=1S/C25H41NO3/c1-8-23(27)26(17-21-9-11-22(12-10-21)29-20(4)5)15-13-25(19(2)3)14-16-28-24(6,7)18-25/h9-12,19-20H,8,13-18H2,1-7H3. The van der Waals surface area contributed by atoms with Gasteiger partial charge in [0.15, 0.2) is 0 Å². The van der Waals surface area contributed by atoms with Gasteiger partial charge in [0.1, 0.15) is 5.75 Å². The van der Waals surface area contributed by atoms with Gasteiger partial charge in [-0.1, -0.05) is 32.9 Å². The SMILES string of the molecule is CCC(=O)N(CCC1(C(C)C)CCOC(C)(C)C1)Cc1ccc(OC(C)C)cc1. The van der Waals surface area contributed by atoms with Crippen molar-refractivity contribution < 1.29 is 14.3 Å². The summed E-state index contributed by atoms with van der Waals surface area (Å²) in [4.78, 5) is 14.7. The Balaban J connectivity index is 2.09. The minimum Gasteiger partial charge on any atom is -0.491 e. The maximum atomic E-state index is 12.7. The molecule has 0 spiro atoms. The zero-order chi connectivity index (χ0) is 21.7. The summed E-state index contributed by atoms with van der Waals surface area (Å²) in [5.41, 5.74) is 1.28. The number of nitrogens with zero attached hydrogens (tertiary/aromatic N) is 1. The first-order valence-electron chi connectivity index (χ1n) is 11.2. The second-order valence-electron chi connectivity index (χ2n) is 9.78. The number of amides is 1. The molecule has 0 aliphatic carbocycles. The van der Waals surface area contributed by atoms with Crippen LogP contribution in [0.1, 0.15) is 79.7 Å². The minimum atomic E-state index is -0.0889. The monoisotopic (exact) mass is 403 g/mol. The summed E-state index contributed by atoms with van der Waals surface area (Å²) in [6.07, 6.45) is 3.85. The van der Waals surface area contributed by atoms with Crippen molar-refractivity contribution in [3.8, 4) is 5.75 Å². The molecule has 0 bridgehead atoms. The van der Waals surface area contributed by atoms with E-state index in [1.807, 2.05) is 37.8 Å². The summed E-state index contributed by atoms with van der Waals surface area (Å²) in [5, 5.41) is 0. The van der Waals surface area contributed by atoms with Crippen LogP contribution in [0, 0.1) is 11.3 Å². The van der Waals surface area contributed by atoms with Crippen molar-refractivity contribution >= 4 is 5.91 Å². The van der Waals surface area contributed by atoms with Gasteiger partial charge in [0, 0.05) is 26.1 Å². The topological polar surface area (TPSA) is 38.8 Å². The lowest BCUT2D eigenvalue weighted by Crippen LogP contribution is -2.46. The molecule has 4 heteroatoms. The second kappa shape index (κ2) is 9.97. The molecule has 1 unspecified atom stereocenters. The first-order chi connectivity index (χ1) is 13.6. The first-order valence-corrected chi connectivity index (χ1v) is 11.2. The molecule has 1 fully saturated rings. The van der Waals surface area contributed by atoms with Crippen LogP contribution in [0.2, 0.25) is 0 Å². The van der Waals surface area contributed by atoms with Gasteiger partial charge in [-0.3, -0.25) is 4.79 Å². The number of hydrogen-bond acceptors (Lipinski definition) is 3. The Bertz CT molecular complexity index is 651. The van der Waals surface area contributed by atoms with E-state index in [-0.39, 0.29) is 23.0 Å². The molecule has 1 heterocycles. The van der Waals surface area contributed by atoms with Crippen LogP contribution in [-0.4, -0.2) is 35.7 Å². The summed E-state index contributed by atoms with van der Waals surface area (Å²) in [5.74, 6) is 1.66. The molecule has 1 amide bonds. The summed E-state index contributed by atoms with van der Waals surface area (Å²) in [6.45, 7) is 17.3. The third-order valence-electron chi connectivity index (χ3n) is 6.30. The molecule has 1 aromatic rings. The fourth-order valence-corrected chi connectivity index (χ4v) is 4.55. The quantitative estimate of drug-likeness (QED) is 0.520. The largest absolute Gasteiger partial charge is 0.491 e. The van der Waals surface area contributed by atoms with Gasteiger partial charge in [-0.25, -0.2) is 0 Å². The number of ether oxygens (including phenoxy) is 2. The van der Waals surface area contributed by atoms with Crippen molar-refractivity contribution in [3.05, 3.63) is 29.8 Å². The molecule has 1 saturated heterocycles. The molecule has 0 aromatic heterocycles. The molecule has 0 N–H and O–H groups in total. The summed E-state index contributed by atoms with van der Waals surface area (Å²) < 4.78 is 11.7. The third-order valence-corrected chi connectivity index (χ3v) is 6.30. The van der Waals surface area contributed by atoms with Crippen LogP contribution in [0.3, 0.4) is 0 Å². The van der Waals surface area contributed by atoms with Crippen LogP contribution in [0.4, 0.5) is 0 Å². The van der Waals surface area contributed by atoms with E-state index >= 15 is 0 Å². The highest BCUT2D eigenvalue weighted by molar-refractivity contribution is 5.75. The zero-order valence-electron chi connectivity index (χ0n) is 19.6. The molecule has 164 valence electrons. The highest BCUT2D eigenvalue weighted by Crippen LogP contribution is 2.47. The van der Waals surface area contributed by atoms with E-state index in [1.165, 1.54) is 0 Å². The molecule has 4 nitrogen and oxygen atoms in total. The molecule has 1 atom stereocenters. The van der Waals surface area contributed by atoms with Gasteiger partial charge in [0.2, 0.25) is 5.91 Å². The normalized spacial score (nSPS) is 21.4. The summed E-state index contributed by atoms with van der Waals surface area (Å²) in [7, 11) is 0. The molecule has 0 radical (unpaired) electrons. The fourth-order valence-electron chi connectivity index (χ4n) is 4.55. The molecule has 1 aromatic carbocycles. The molecule has 1 aliphatic heterocycles. The van der Waals surface area contributed by atoms with Gasteiger partial charge in [-0.15, -0.1) is 0 Å². The second-order valence-corrected chi connectivity index (χ2v) is 9.78. The van der Waals surface area contributed by atoms with Crippen LogP contribution in [0.25, 0.3) is 0 Å². The molecule has 29 heavy (non-hydrogen) atoms. The minimum absolute atomic E-state index is 0.0889. The average Bonchev–Trinajstić information content (AvgIpc) is 2.64. The Kier molecular flexibility index (Phi) is 8.16. The van der Waals surface area contributed by atoms with E-state index in [0.29, 0.717) is 18.9 Å².